The molecule has 0 aliphatic carbocycles. The highest BCUT2D eigenvalue weighted by Gasteiger charge is 2.26. The normalized spacial score (nSPS) is 11.7. The molecule has 1 aromatic heterocycles. The van der Waals surface area contributed by atoms with Crippen LogP contribution in [0.25, 0.3) is 0 Å². The molecule has 0 radical (unpaired) electrons. The van der Waals surface area contributed by atoms with Gasteiger partial charge in [0.25, 0.3) is 0 Å². The molecule has 2 N–H and O–H groups in total. The first kappa shape index (κ1) is 19.6. The Hall–Kier alpha value is -1.45. The number of aromatic carboxylic acids is 1. The molecular formula is C14H22N2O5S2. The molecule has 1 aromatic rings. The first-order valence-corrected chi connectivity index (χ1v) is 9.73. The Balaban J connectivity index is 3.01. The summed E-state index contributed by atoms with van der Waals surface area (Å²) < 4.78 is 25.4. The lowest BCUT2D eigenvalue weighted by atomic mass is 10.1. The highest BCUT2D eigenvalue weighted by atomic mass is 32.2. The van der Waals surface area contributed by atoms with Crippen molar-refractivity contribution in [2.24, 2.45) is 0 Å². The van der Waals surface area contributed by atoms with Gasteiger partial charge in [-0.3, -0.25) is 4.79 Å². The van der Waals surface area contributed by atoms with Crippen LogP contribution < -0.4 is 5.32 Å². The number of thiophene rings is 1. The fraction of sp³-hybridized carbons (Fsp3) is 0.571. The van der Waals surface area contributed by atoms with Gasteiger partial charge in [-0.1, -0.05) is 20.8 Å². The number of carbonyl (C=O) groups excluding carboxylic acids is 1. The summed E-state index contributed by atoms with van der Waals surface area (Å²) in [6.45, 7) is 7.56. The summed E-state index contributed by atoms with van der Waals surface area (Å²) >= 11 is 1.15. The Labute approximate surface area is 140 Å². The highest BCUT2D eigenvalue weighted by molar-refractivity contribution is 7.89. The van der Waals surface area contributed by atoms with Crippen LogP contribution in [0.15, 0.2) is 0 Å². The summed E-state index contributed by atoms with van der Waals surface area (Å²) in [5.74, 6) is -2.57. The van der Waals surface area contributed by atoms with Crippen LogP contribution in [-0.4, -0.2) is 48.5 Å². The molecule has 0 bridgehead atoms. The van der Waals surface area contributed by atoms with Gasteiger partial charge in [-0.2, -0.15) is 0 Å². The van der Waals surface area contributed by atoms with E-state index in [-0.39, 0.29) is 23.7 Å². The van der Waals surface area contributed by atoms with Gasteiger partial charge in [0, 0.05) is 18.0 Å². The van der Waals surface area contributed by atoms with Gasteiger partial charge in [0.15, 0.2) is 0 Å². The van der Waals surface area contributed by atoms with E-state index in [4.69, 9.17) is 0 Å². The van der Waals surface area contributed by atoms with Crippen LogP contribution >= 0.6 is 11.3 Å². The smallest absolute Gasteiger partial charge is 0.339 e. The molecule has 7 nitrogen and oxygen atoms in total. The number of amides is 1. The summed E-state index contributed by atoms with van der Waals surface area (Å²) in [6.07, 6.45) is 0.525. The SMILES string of the molecule is CCc1c(C)sc(NC(=O)CS(=O)(=O)N(CC)CC)c1C(=O)O. The third kappa shape index (κ3) is 4.52. The molecule has 0 unspecified atom stereocenters. The number of hydrogen-bond donors (Lipinski definition) is 2. The van der Waals surface area contributed by atoms with E-state index >= 15 is 0 Å². The van der Waals surface area contributed by atoms with Crippen LogP contribution in [0.3, 0.4) is 0 Å². The average molecular weight is 362 g/mol. The summed E-state index contributed by atoms with van der Waals surface area (Å²) in [7, 11) is -3.71. The van der Waals surface area contributed by atoms with Crippen LogP contribution in [0, 0.1) is 6.92 Å². The molecule has 0 saturated heterocycles. The van der Waals surface area contributed by atoms with Crippen LogP contribution in [0.5, 0.6) is 0 Å². The number of carboxylic acid groups (broad SMARTS) is 1. The second-order valence-electron chi connectivity index (χ2n) is 4.89. The van der Waals surface area contributed by atoms with Crippen molar-refractivity contribution < 1.29 is 23.1 Å². The maximum absolute atomic E-state index is 12.1. The predicted molar refractivity (Wildman–Crippen MR) is 90.7 cm³/mol. The van der Waals surface area contributed by atoms with Gasteiger partial charge in [0.2, 0.25) is 15.9 Å². The number of aryl methyl sites for hydroxylation is 1. The van der Waals surface area contributed by atoms with Gasteiger partial charge >= 0.3 is 5.97 Å². The summed E-state index contributed by atoms with van der Waals surface area (Å²) in [6, 6.07) is 0. The second kappa shape index (κ2) is 7.89. The van der Waals surface area contributed by atoms with Crippen LogP contribution in [-0.2, 0) is 21.2 Å². The van der Waals surface area contributed by atoms with Crippen molar-refractivity contribution >= 4 is 38.2 Å². The minimum absolute atomic E-state index is 0.0450. The number of carbonyl (C=O) groups is 2. The van der Waals surface area contributed by atoms with Crippen LogP contribution in [0.4, 0.5) is 5.00 Å². The van der Waals surface area contributed by atoms with Crippen molar-refractivity contribution in [1.29, 1.82) is 0 Å². The lowest BCUT2D eigenvalue weighted by Gasteiger charge is -2.17. The van der Waals surface area contributed by atoms with Gasteiger partial charge in [-0.05, 0) is 18.9 Å². The molecule has 0 fully saturated rings. The molecule has 0 aliphatic rings. The maximum atomic E-state index is 12.1. The van der Waals surface area contributed by atoms with E-state index in [1.165, 1.54) is 4.31 Å². The second-order valence-corrected chi connectivity index (χ2v) is 8.08. The van der Waals surface area contributed by atoms with Crippen molar-refractivity contribution in [2.75, 3.05) is 24.2 Å². The lowest BCUT2D eigenvalue weighted by Crippen LogP contribution is -2.37. The lowest BCUT2D eigenvalue weighted by molar-refractivity contribution is -0.113. The van der Waals surface area contributed by atoms with Crippen LogP contribution in [0.2, 0.25) is 0 Å². The predicted octanol–water partition coefficient (Wildman–Crippen LogP) is 1.93. The maximum Gasteiger partial charge on any atom is 0.339 e. The molecule has 1 rings (SSSR count). The fourth-order valence-corrected chi connectivity index (χ4v) is 4.88. The zero-order chi connectivity index (χ0) is 17.8. The monoisotopic (exact) mass is 362 g/mol. The Morgan fingerprint density at radius 1 is 1.22 bits per heavy atom. The van der Waals surface area contributed by atoms with E-state index in [0.29, 0.717) is 12.0 Å². The van der Waals surface area contributed by atoms with E-state index in [9.17, 15) is 23.1 Å². The first-order chi connectivity index (χ1) is 10.7. The van der Waals surface area contributed by atoms with E-state index in [0.717, 1.165) is 16.2 Å². The van der Waals surface area contributed by atoms with Crippen molar-refractivity contribution in [3.05, 3.63) is 16.0 Å². The third-order valence-corrected chi connectivity index (χ3v) is 6.43. The molecule has 0 saturated carbocycles. The fourth-order valence-electron chi connectivity index (χ4n) is 2.36. The Kier molecular flexibility index (Phi) is 6.72. The summed E-state index contributed by atoms with van der Waals surface area (Å²) in [5.41, 5.74) is 0.702. The standard InChI is InChI=1S/C14H22N2O5S2/c1-5-10-9(4)22-13(12(10)14(18)19)15-11(17)8-23(20,21)16(6-2)7-3/h5-8H2,1-4H3,(H,15,17)(H,18,19). The number of nitrogens with zero attached hydrogens (tertiary/aromatic N) is 1. The van der Waals surface area contributed by atoms with E-state index < -0.39 is 27.7 Å². The molecule has 23 heavy (non-hydrogen) atoms. The molecule has 0 spiro atoms. The number of carboxylic acids is 1. The number of sulfonamides is 1. The van der Waals surface area contributed by atoms with Crippen molar-refractivity contribution in [1.82, 2.24) is 4.31 Å². The van der Waals surface area contributed by atoms with Gasteiger partial charge in [-0.15, -0.1) is 11.3 Å². The highest BCUT2D eigenvalue weighted by Crippen LogP contribution is 2.33. The minimum Gasteiger partial charge on any atom is -0.478 e. The van der Waals surface area contributed by atoms with Gasteiger partial charge < -0.3 is 10.4 Å². The Morgan fingerprint density at radius 2 is 1.78 bits per heavy atom. The molecule has 1 heterocycles. The Morgan fingerprint density at radius 3 is 2.22 bits per heavy atom. The molecule has 0 aromatic carbocycles. The Bertz CT molecular complexity index is 690. The zero-order valence-corrected chi connectivity index (χ0v) is 15.3. The third-order valence-electron chi connectivity index (χ3n) is 3.44. The van der Waals surface area contributed by atoms with Gasteiger partial charge in [-0.25, -0.2) is 17.5 Å². The topological polar surface area (TPSA) is 104 Å². The first-order valence-electron chi connectivity index (χ1n) is 7.31. The van der Waals surface area contributed by atoms with Gasteiger partial charge in [0.1, 0.15) is 10.8 Å². The summed E-state index contributed by atoms with van der Waals surface area (Å²) in [4.78, 5) is 24.3. The quantitative estimate of drug-likeness (QED) is 0.735. The largest absolute Gasteiger partial charge is 0.478 e. The van der Waals surface area contributed by atoms with E-state index in [1.807, 2.05) is 6.92 Å². The zero-order valence-electron chi connectivity index (χ0n) is 13.7. The van der Waals surface area contributed by atoms with Crippen molar-refractivity contribution in [3.63, 3.8) is 0 Å². The summed E-state index contributed by atoms with van der Waals surface area (Å²) in [5, 5.41) is 12.0. The van der Waals surface area contributed by atoms with Crippen molar-refractivity contribution in [3.8, 4) is 0 Å². The number of hydrogen-bond acceptors (Lipinski definition) is 5. The van der Waals surface area contributed by atoms with Crippen molar-refractivity contribution in [2.45, 2.75) is 34.1 Å². The molecule has 1 amide bonds. The molecule has 9 heteroatoms. The number of nitrogens with one attached hydrogen (secondary N) is 1. The molecular weight excluding hydrogens is 340 g/mol. The van der Waals surface area contributed by atoms with E-state index in [1.54, 1.807) is 20.8 Å². The number of rotatable bonds is 8. The average Bonchev–Trinajstić information content (AvgIpc) is 2.74. The molecule has 130 valence electrons. The van der Waals surface area contributed by atoms with E-state index in [2.05, 4.69) is 5.32 Å². The van der Waals surface area contributed by atoms with Crippen LogP contribution in [0.1, 0.15) is 41.6 Å². The molecule has 0 atom stereocenters. The van der Waals surface area contributed by atoms with Gasteiger partial charge in [0.05, 0.1) is 5.56 Å². The number of anilines is 1. The molecule has 0 aliphatic heterocycles. The minimum atomic E-state index is -3.71.